The molecule has 0 saturated carbocycles. The molecule has 0 bridgehead atoms. The molecule has 0 amide bonds. The zero-order valence-corrected chi connectivity index (χ0v) is 14.8. The third-order valence-electron chi connectivity index (χ3n) is 3.48. The zero-order chi connectivity index (χ0) is 19.4. The van der Waals surface area contributed by atoms with Gasteiger partial charge in [0.1, 0.15) is 0 Å². The van der Waals surface area contributed by atoms with Gasteiger partial charge in [0.15, 0.2) is 9.84 Å². The maximum absolute atomic E-state index is 11.8. The van der Waals surface area contributed by atoms with Crippen molar-refractivity contribution >= 4 is 38.8 Å². The van der Waals surface area contributed by atoms with Crippen molar-refractivity contribution in [1.29, 1.82) is 0 Å². The van der Waals surface area contributed by atoms with E-state index in [4.69, 9.17) is 5.73 Å². The van der Waals surface area contributed by atoms with E-state index in [9.17, 15) is 13.2 Å². The summed E-state index contributed by atoms with van der Waals surface area (Å²) in [6, 6.07) is 12.8. The SMILES string of the molecule is C=CS(=O)(=O)c1ccc(Nc2nc(Nc3ccc(N)cc3)[nH]c(=O)n2)cc1. The number of benzene rings is 2. The lowest BCUT2D eigenvalue weighted by atomic mass is 10.3. The number of aromatic nitrogens is 3. The molecule has 138 valence electrons. The second-order valence-electron chi connectivity index (χ2n) is 5.43. The Morgan fingerprint density at radius 2 is 1.56 bits per heavy atom. The number of rotatable bonds is 6. The van der Waals surface area contributed by atoms with Gasteiger partial charge in [-0.15, -0.1) is 0 Å². The maximum atomic E-state index is 11.8. The predicted octanol–water partition coefficient (Wildman–Crippen LogP) is 2.15. The highest BCUT2D eigenvalue weighted by atomic mass is 32.2. The van der Waals surface area contributed by atoms with Gasteiger partial charge in [-0.3, -0.25) is 4.98 Å². The van der Waals surface area contributed by atoms with Gasteiger partial charge in [0, 0.05) is 22.5 Å². The lowest BCUT2D eigenvalue weighted by Gasteiger charge is -2.08. The fourth-order valence-corrected chi connectivity index (χ4v) is 2.86. The Balaban J connectivity index is 1.81. The predicted molar refractivity (Wildman–Crippen MR) is 104 cm³/mol. The summed E-state index contributed by atoms with van der Waals surface area (Å²) in [5.41, 5.74) is 6.85. The van der Waals surface area contributed by atoms with Crippen LogP contribution in [0.5, 0.6) is 0 Å². The molecule has 0 fully saturated rings. The first-order chi connectivity index (χ1) is 12.9. The molecule has 2 aromatic carbocycles. The van der Waals surface area contributed by atoms with Gasteiger partial charge in [-0.25, -0.2) is 13.2 Å². The molecule has 10 heteroatoms. The highest BCUT2D eigenvalue weighted by molar-refractivity contribution is 7.94. The highest BCUT2D eigenvalue weighted by Crippen LogP contribution is 2.19. The van der Waals surface area contributed by atoms with Crippen molar-refractivity contribution in [2.45, 2.75) is 4.90 Å². The first-order valence-corrected chi connectivity index (χ1v) is 9.26. The Kier molecular flexibility index (Phi) is 4.90. The number of aromatic amines is 1. The van der Waals surface area contributed by atoms with Gasteiger partial charge in [-0.05, 0) is 48.5 Å². The average molecular weight is 384 g/mol. The van der Waals surface area contributed by atoms with E-state index in [1.54, 1.807) is 24.3 Å². The van der Waals surface area contributed by atoms with Gasteiger partial charge in [0.05, 0.1) is 4.90 Å². The minimum atomic E-state index is -3.51. The smallest absolute Gasteiger partial charge is 0.351 e. The fraction of sp³-hybridized carbons (Fsp3) is 0. The molecule has 3 rings (SSSR count). The molecule has 0 saturated heterocycles. The normalized spacial score (nSPS) is 11.0. The van der Waals surface area contributed by atoms with Crippen LogP contribution in [0.3, 0.4) is 0 Å². The van der Waals surface area contributed by atoms with Gasteiger partial charge in [-0.2, -0.15) is 9.97 Å². The maximum Gasteiger partial charge on any atom is 0.351 e. The van der Waals surface area contributed by atoms with Crippen LogP contribution in [-0.2, 0) is 9.84 Å². The first kappa shape index (κ1) is 18.1. The molecule has 0 atom stereocenters. The molecule has 0 aliphatic heterocycles. The van der Waals surface area contributed by atoms with Crippen molar-refractivity contribution in [3.05, 3.63) is 71.0 Å². The molecule has 0 unspecified atom stereocenters. The summed E-state index contributed by atoms with van der Waals surface area (Å²) in [6.45, 7) is 3.28. The van der Waals surface area contributed by atoms with E-state index >= 15 is 0 Å². The molecule has 3 aromatic rings. The molecule has 0 aliphatic carbocycles. The van der Waals surface area contributed by atoms with Crippen LogP contribution in [0.1, 0.15) is 0 Å². The molecule has 27 heavy (non-hydrogen) atoms. The summed E-state index contributed by atoms with van der Waals surface area (Å²) in [4.78, 5) is 22.3. The zero-order valence-electron chi connectivity index (χ0n) is 14.0. The minimum absolute atomic E-state index is 0.0519. The van der Waals surface area contributed by atoms with Gasteiger partial charge >= 0.3 is 5.69 Å². The van der Waals surface area contributed by atoms with E-state index in [0.29, 0.717) is 17.1 Å². The van der Waals surface area contributed by atoms with E-state index < -0.39 is 15.5 Å². The van der Waals surface area contributed by atoms with Gasteiger partial charge in [0.25, 0.3) is 0 Å². The summed E-state index contributed by atoms with van der Waals surface area (Å²) in [6.07, 6.45) is 0. The van der Waals surface area contributed by atoms with E-state index in [2.05, 4.69) is 32.2 Å². The van der Waals surface area contributed by atoms with Crippen LogP contribution in [0, 0.1) is 0 Å². The minimum Gasteiger partial charge on any atom is -0.399 e. The van der Waals surface area contributed by atoms with Crippen LogP contribution < -0.4 is 22.1 Å². The molecular formula is C17H16N6O3S. The molecule has 0 spiro atoms. The van der Waals surface area contributed by atoms with Crippen LogP contribution in [0.25, 0.3) is 0 Å². The van der Waals surface area contributed by atoms with E-state index in [0.717, 1.165) is 5.41 Å². The molecule has 9 nitrogen and oxygen atoms in total. The molecular weight excluding hydrogens is 368 g/mol. The summed E-state index contributed by atoms with van der Waals surface area (Å²) in [7, 11) is -3.51. The highest BCUT2D eigenvalue weighted by Gasteiger charge is 2.09. The van der Waals surface area contributed by atoms with E-state index in [-0.39, 0.29) is 16.8 Å². The number of nitrogens with one attached hydrogen (secondary N) is 3. The summed E-state index contributed by atoms with van der Waals surface area (Å²) in [5.74, 6) is 0.240. The standard InChI is InChI=1S/C17H16N6O3S/c1-2-27(25,26)14-9-7-13(8-10-14)20-16-21-15(22-17(24)23-16)19-12-5-3-11(18)4-6-12/h2-10H,1,18H2,(H3,19,20,21,22,23,24). The number of anilines is 5. The number of hydrogen-bond acceptors (Lipinski definition) is 8. The number of hydrogen-bond donors (Lipinski definition) is 4. The molecule has 5 N–H and O–H groups in total. The Morgan fingerprint density at radius 3 is 2.19 bits per heavy atom. The number of sulfone groups is 1. The van der Waals surface area contributed by atoms with Crippen molar-refractivity contribution in [3.8, 4) is 0 Å². The lowest BCUT2D eigenvalue weighted by Crippen LogP contribution is -2.16. The average Bonchev–Trinajstić information content (AvgIpc) is 2.64. The third-order valence-corrected chi connectivity index (χ3v) is 4.85. The second-order valence-corrected chi connectivity index (χ2v) is 7.33. The Labute approximate surface area is 154 Å². The van der Waals surface area contributed by atoms with Crippen LogP contribution in [0.2, 0.25) is 0 Å². The van der Waals surface area contributed by atoms with E-state index in [1.165, 1.54) is 24.3 Å². The van der Waals surface area contributed by atoms with Crippen LogP contribution >= 0.6 is 0 Å². The van der Waals surface area contributed by atoms with Gasteiger partial charge in [-0.1, -0.05) is 6.58 Å². The molecule has 0 aliphatic rings. The second kappa shape index (κ2) is 7.30. The van der Waals surface area contributed by atoms with Crippen molar-refractivity contribution in [1.82, 2.24) is 15.0 Å². The summed E-state index contributed by atoms with van der Waals surface area (Å²) in [5, 5.41) is 6.68. The number of nitrogens with two attached hydrogens (primary N) is 1. The quantitative estimate of drug-likeness (QED) is 0.473. The summed E-state index contributed by atoms with van der Waals surface area (Å²) < 4.78 is 23.5. The lowest BCUT2D eigenvalue weighted by molar-refractivity contribution is 0.605. The monoisotopic (exact) mass is 384 g/mol. The van der Waals surface area contributed by atoms with Gasteiger partial charge < -0.3 is 16.4 Å². The van der Waals surface area contributed by atoms with E-state index in [1.807, 2.05) is 0 Å². The van der Waals surface area contributed by atoms with Crippen molar-refractivity contribution in [2.75, 3.05) is 16.4 Å². The van der Waals surface area contributed by atoms with Crippen molar-refractivity contribution < 1.29 is 8.42 Å². The fourth-order valence-electron chi connectivity index (χ4n) is 2.16. The number of nitrogens with zero attached hydrogens (tertiary/aromatic N) is 2. The van der Waals surface area contributed by atoms with Crippen LogP contribution in [-0.4, -0.2) is 23.4 Å². The van der Waals surface area contributed by atoms with Crippen LogP contribution in [0.15, 0.2) is 70.2 Å². The van der Waals surface area contributed by atoms with Gasteiger partial charge in [0.2, 0.25) is 11.9 Å². The Hall–Kier alpha value is -3.66. The molecule has 1 heterocycles. The van der Waals surface area contributed by atoms with Crippen molar-refractivity contribution in [3.63, 3.8) is 0 Å². The number of nitrogen functional groups attached to an aromatic ring is 1. The molecule has 0 radical (unpaired) electrons. The Morgan fingerprint density at radius 1 is 0.963 bits per heavy atom. The largest absolute Gasteiger partial charge is 0.399 e. The topological polar surface area (TPSA) is 143 Å². The van der Waals surface area contributed by atoms with Crippen LogP contribution in [0.4, 0.5) is 29.0 Å². The summed E-state index contributed by atoms with van der Waals surface area (Å²) >= 11 is 0. The molecule has 1 aromatic heterocycles. The number of H-pyrrole nitrogens is 1. The first-order valence-electron chi connectivity index (χ1n) is 7.71. The Bertz CT molecular complexity index is 1120. The van der Waals surface area contributed by atoms with Crippen molar-refractivity contribution in [2.24, 2.45) is 0 Å². The third kappa shape index (κ3) is 4.50.